The summed E-state index contributed by atoms with van der Waals surface area (Å²) in [5.41, 5.74) is 5.91. The van der Waals surface area contributed by atoms with E-state index in [1.54, 1.807) is 0 Å². The number of hydrogen-bond donors (Lipinski definition) is 1. The number of nitrogens with zero attached hydrogens (tertiary/aromatic N) is 5. The van der Waals surface area contributed by atoms with E-state index in [1.165, 1.54) is 19.3 Å². The Hall–Kier alpha value is -1.63. The number of fused-ring (bicyclic) bond motifs is 2. The summed E-state index contributed by atoms with van der Waals surface area (Å²) in [4.78, 5) is 17.8. The van der Waals surface area contributed by atoms with Crippen molar-refractivity contribution in [1.82, 2.24) is 15.0 Å². The van der Waals surface area contributed by atoms with E-state index in [-0.39, 0.29) is 0 Å². The van der Waals surface area contributed by atoms with Gasteiger partial charge in [0.05, 0.1) is 12.2 Å². The Morgan fingerprint density at radius 2 is 1.48 bits per heavy atom. The van der Waals surface area contributed by atoms with Crippen LogP contribution in [0.1, 0.15) is 32.1 Å². The molecule has 0 aromatic carbocycles. The van der Waals surface area contributed by atoms with E-state index in [9.17, 15) is 0 Å². The van der Waals surface area contributed by atoms with Gasteiger partial charge in [0, 0.05) is 26.2 Å². The molecule has 0 spiro atoms. The summed E-state index contributed by atoms with van der Waals surface area (Å²) >= 11 is 0. The summed E-state index contributed by atoms with van der Waals surface area (Å²) in [6.07, 6.45) is 6.60. The van der Waals surface area contributed by atoms with Gasteiger partial charge in [-0.1, -0.05) is 0 Å². The van der Waals surface area contributed by atoms with Crippen LogP contribution in [-0.4, -0.2) is 53.3 Å². The number of rotatable bonds is 2. The summed E-state index contributed by atoms with van der Waals surface area (Å²) in [6.45, 7) is 3.74. The molecule has 0 radical (unpaired) electrons. The van der Waals surface area contributed by atoms with Crippen molar-refractivity contribution in [2.75, 3.05) is 41.7 Å². The SMILES string of the molecule is Nc1nc(N2CCCCC2)nc(N2CC3CCC(C2)O3)n1. The van der Waals surface area contributed by atoms with Gasteiger partial charge in [-0.25, -0.2) is 0 Å². The van der Waals surface area contributed by atoms with E-state index in [4.69, 9.17) is 10.5 Å². The van der Waals surface area contributed by atoms with E-state index in [0.717, 1.165) is 45.0 Å². The molecule has 4 rings (SSSR count). The molecule has 2 atom stereocenters. The minimum absolute atomic E-state index is 0.319. The van der Waals surface area contributed by atoms with Crippen LogP contribution in [0.2, 0.25) is 0 Å². The number of ether oxygens (including phenoxy) is 1. The van der Waals surface area contributed by atoms with Crippen molar-refractivity contribution >= 4 is 17.8 Å². The maximum absolute atomic E-state index is 5.91. The van der Waals surface area contributed by atoms with Crippen LogP contribution < -0.4 is 15.5 Å². The predicted molar refractivity (Wildman–Crippen MR) is 80.4 cm³/mol. The number of aromatic nitrogens is 3. The lowest BCUT2D eigenvalue weighted by molar-refractivity contribution is 0.0299. The van der Waals surface area contributed by atoms with Crippen molar-refractivity contribution in [1.29, 1.82) is 0 Å². The summed E-state index contributed by atoms with van der Waals surface area (Å²) in [5, 5.41) is 0. The smallest absolute Gasteiger partial charge is 0.232 e. The predicted octanol–water partition coefficient (Wildman–Crippen LogP) is 0.812. The quantitative estimate of drug-likeness (QED) is 0.863. The van der Waals surface area contributed by atoms with Crippen molar-refractivity contribution in [3.63, 3.8) is 0 Å². The molecule has 3 fully saturated rings. The molecule has 3 aliphatic heterocycles. The fourth-order valence-electron chi connectivity index (χ4n) is 3.52. The highest BCUT2D eigenvalue weighted by atomic mass is 16.5. The first kappa shape index (κ1) is 13.1. The highest BCUT2D eigenvalue weighted by molar-refractivity contribution is 5.44. The Bertz CT molecular complexity index is 506. The Morgan fingerprint density at radius 3 is 2.14 bits per heavy atom. The van der Waals surface area contributed by atoms with Gasteiger partial charge in [-0.3, -0.25) is 0 Å². The summed E-state index contributed by atoms with van der Waals surface area (Å²) < 4.78 is 5.87. The Kier molecular flexibility index (Phi) is 3.29. The van der Waals surface area contributed by atoms with Crippen LogP contribution >= 0.6 is 0 Å². The molecule has 4 heterocycles. The first-order valence-electron chi connectivity index (χ1n) is 7.95. The molecule has 3 aliphatic rings. The van der Waals surface area contributed by atoms with Crippen molar-refractivity contribution in [3.8, 4) is 0 Å². The zero-order chi connectivity index (χ0) is 14.2. The zero-order valence-corrected chi connectivity index (χ0v) is 12.2. The molecular formula is C14H22N6O. The van der Waals surface area contributed by atoms with Gasteiger partial charge in [0.25, 0.3) is 0 Å². The molecule has 3 saturated heterocycles. The monoisotopic (exact) mass is 290 g/mol. The zero-order valence-electron chi connectivity index (χ0n) is 12.2. The van der Waals surface area contributed by atoms with E-state index in [2.05, 4.69) is 24.8 Å². The molecule has 0 aliphatic carbocycles. The maximum atomic E-state index is 5.91. The molecule has 114 valence electrons. The fourth-order valence-corrected chi connectivity index (χ4v) is 3.52. The number of nitrogens with two attached hydrogens (primary N) is 1. The average Bonchev–Trinajstić information content (AvgIpc) is 2.86. The van der Waals surface area contributed by atoms with Gasteiger partial charge in [-0.2, -0.15) is 15.0 Å². The van der Waals surface area contributed by atoms with Gasteiger partial charge in [-0.15, -0.1) is 0 Å². The van der Waals surface area contributed by atoms with E-state index < -0.39 is 0 Å². The lowest BCUT2D eigenvalue weighted by Gasteiger charge is -2.33. The molecule has 1 aromatic rings. The van der Waals surface area contributed by atoms with Gasteiger partial charge in [-0.05, 0) is 32.1 Å². The summed E-state index contributed by atoms with van der Waals surface area (Å²) in [7, 11) is 0. The van der Waals surface area contributed by atoms with Crippen LogP contribution in [-0.2, 0) is 4.74 Å². The van der Waals surface area contributed by atoms with Crippen LogP contribution in [0.15, 0.2) is 0 Å². The lowest BCUT2D eigenvalue weighted by atomic mass is 10.1. The van der Waals surface area contributed by atoms with Crippen LogP contribution in [0.25, 0.3) is 0 Å². The van der Waals surface area contributed by atoms with E-state index in [1.807, 2.05) is 0 Å². The van der Waals surface area contributed by atoms with Crippen LogP contribution in [0.5, 0.6) is 0 Å². The fraction of sp³-hybridized carbons (Fsp3) is 0.786. The van der Waals surface area contributed by atoms with Crippen LogP contribution in [0.3, 0.4) is 0 Å². The molecule has 0 saturated carbocycles. The topological polar surface area (TPSA) is 80.4 Å². The summed E-state index contributed by atoms with van der Waals surface area (Å²) in [5.74, 6) is 1.76. The minimum Gasteiger partial charge on any atom is -0.371 e. The van der Waals surface area contributed by atoms with Crippen molar-refractivity contribution < 1.29 is 4.74 Å². The van der Waals surface area contributed by atoms with Gasteiger partial charge in [0.1, 0.15) is 0 Å². The Balaban J connectivity index is 1.58. The number of morpholine rings is 1. The molecule has 2 bridgehead atoms. The third-order valence-corrected chi connectivity index (χ3v) is 4.59. The van der Waals surface area contributed by atoms with E-state index >= 15 is 0 Å². The van der Waals surface area contributed by atoms with Crippen LogP contribution in [0.4, 0.5) is 17.8 Å². The second-order valence-corrected chi connectivity index (χ2v) is 6.20. The van der Waals surface area contributed by atoms with E-state index in [0.29, 0.717) is 24.1 Å². The first-order chi connectivity index (χ1) is 10.3. The number of hydrogen-bond acceptors (Lipinski definition) is 7. The van der Waals surface area contributed by atoms with Crippen molar-refractivity contribution in [2.45, 2.75) is 44.3 Å². The standard InChI is InChI=1S/C14H22N6O/c15-12-16-13(19-6-2-1-3-7-19)18-14(17-12)20-8-10-4-5-11(9-20)21-10/h10-11H,1-9H2,(H2,15,16,17,18). The molecule has 1 aromatic heterocycles. The molecule has 7 heteroatoms. The van der Waals surface area contributed by atoms with Crippen molar-refractivity contribution in [3.05, 3.63) is 0 Å². The largest absolute Gasteiger partial charge is 0.371 e. The second-order valence-electron chi connectivity index (χ2n) is 6.20. The van der Waals surface area contributed by atoms with Gasteiger partial charge >= 0.3 is 0 Å². The molecule has 7 nitrogen and oxygen atoms in total. The lowest BCUT2D eigenvalue weighted by Crippen LogP contribution is -2.44. The summed E-state index contributed by atoms with van der Waals surface area (Å²) in [6, 6.07) is 0. The van der Waals surface area contributed by atoms with Gasteiger partial charge in [0.2, 0.25) is 17.8 Å². The number of nitrogen functional groups attached to an aromatic ring is 1. The van der Waals surface area contributed by atoms with Gasteiger partial charge in [0.15, 0.2) is 0 Å². The molecule has 0 amide bonds. The van der Waals surface area contributed by atoms with Crippen molar-refractivity contribution in [2.24, 2.45) is 0 Å². The molecule has 2 N–H and O–H groups in total. The van der Waals surface area contributed by atoms with Crippen LogP contribution in [0, 0.1) is 0 Å². The third kappa shape index (κ3) is 2.62. The van der Waals surface area contributed by atoms with Gasteiger partial charge < -0.3 is 20.3 Å². The molecule has 21 heavy (non-hydrogen) atoms. The Labute approximate surface area is 124 Å². The molecule has 2 unspecified atom stereocenters. The first-order valence-corrected chi connectivity index (χ1v) is 7.95. The Morgan fingerprint density at radius 1 is 0.857 bits per heavy atom. The average molecular weight is 290 g/mol. The number of anilines is 3. The highest BCUT2D eigenvalue weighted by Crippen LogP contribution is 2.29. The number of piperidine rings is 1. The maximum Gasteiger partial charge on any atom is 0.232 e. The minimum atomic E-state index is 0.319. The highest BCUT2D eigenvalue weighted by Gasteiger charge is 2.35. The third-order valence-electron chi connectivity index (χ3n) is 4.59. The normalized spacial score (nSPS) is 29.0. The second kappa shape index (κ2) is 5.29. The molecular weight excluding hydrogens is 268 g/mol.